The van der Waals surface area contributed by atoms with Crippen LogP contribution in [0.4, 0.5) is 0 Å². The first-order valence-electron chi connectivity index (χ1n) is 17.5. The van der Waals surface area contributed by atoms with Gasteiger partial charge in [0, 0.05) is 32.0 Å². The van der Waals surface area contributed by atoms with Crippen LogP contribution in [0.5, 0.6) is 0 Å². The molecule has 1 fully saturated rings. The molecular weight excluding hydrogens is 692 g/mol. The molecule has 0 aromatic carbocycles. The van der Waals surface area contributed by atoms with Crippen molar-refractivity contribution < 1.29 is 80.5 Å². The zero-order valence-electron chi connectivity index (χ0n) is 32.0. The van der Waals surface area contributed by atoms with Crippen molar-refractivity contribution >= 4 is 0 Å². The summed E-state index contributed by atoms with van der Waals surface area (Å²) in [4.78, 5) is 0. The van der Waals surface area contributed by atoms with E-state index in [2.05, 4.69) is 6.92 Å². The molecule has 2 unspecified atom stereocenters. The average Bonchev–Trinajstić information content (AvgIpc) is 3.15. The third-order valence-corrected chi connectivity index (χ3v) is 6.65. The van der Waals surface area contributed by atoms with Gasteiger partial charge in [-0.2, -0.15) is 0 Å². The molecule has 306 valence electrons. The molecule has 0 aromatic heterocycles. The molecule has 0 spiro atoms. The van der Waals surface area contributed by atoms with E-state index < -0.39 is 0 Å². The molecule has 17 nitrogen and oxygen atoms in total. The molecule has 1 rings (SSSR count). The predicted molar refractivity (Wildman–Crippen MR) is 186 cm³/mol. The van der Waals surface area contributed by atoms with Gasteiger partial charge < -0.3 is 80.5 Å². The number of hydrogen-bond acceptors (Lipinski definition) is 17. The minimum absolute atomic E-state index is 0.00762. The Labute approximate surface area is 309 Å². The van der Waals surface area contributed by atoms with Gasteiger partial charge in [-0.25, -0.2) is 0 Å². The Balaban J connectivity index is 2.83. The Morgan fingerprint density at radius 2 is 0.942 bits per heavy atom. The topological polar surface area (TPSA) is 157 Å². The fourth-order valence-corrected chi connectivity index (χ4v) is 3.94. The summed E-state index contributed by atoms with van der Waals surface area (Å²) >= 11 is 0. The van der Waals surface area contributed by atoms with Crippen LogP contribution in [-0.4, -0.2) is 168 Å². The van der Waals surface area contributed by atoms with Crippen LogP contribution in [-0.2, 0) is 80.5 Å². The van der Waals surface area contributed by atoms with Crippen LogP contribution in [0, 0.1) is 17.8 Å². The maximum Gasteiger partial charge on any atom is 0.321 e. The Morgan fingerprint density at radius 1 is 0.519 bits per heavy atom. The number of rotatable bonds is 29. The number of ether oxygens (including phenoxy) is 17. The van der Waals surface area contributed by atoms with Crippen molar-refractivity contribution in [3.8, 4) is 0 Å². The van der Waals surface area contributed by atoms with Gasteiger partial charge in [0.1, 0.15) is 0 Å². The van der Waals surface area contributed by atoms with Crippen LogP contribution in [0.25, 0.3) is 0 Å². The van der Waals surface area contributed by atoms with Crippen molar-refractivity contribution in [3.05, 3.63) is 36.6 Å². The van der Waals surface area contributed by atoms with E-state index >= 15 is 0 Å². The van der Waals surface area contributed by atoms with Gasteiger partial charge in [0.25, 0.3) is 0 Å². The molecule has 1 heterocycles. The maximum atomic E-state index is 6.10. The second-order valence-corrected chi connectivity index (χ2v) is 11.3. The quantitative estimate of drug-likeness (QED) is 0.0810. The lowest BCUT2D eigenvalue weighted by Gasteiger charge is -2.24. The zero-order chi connectivity index (χ0) is 37.7. The van der Waals surface area contributed by atoms with E-state index in [1.54, 1.807) is 14.2 Å². The molecule has 17 heteroatoms. The van der Waals surface area contributed by atoms with Crippen LogP contribution in [0.2, 0.25) is 0 Å². The van der Waals surface area contributed by atoms with Gasteiger partial charge in [0.05, 0.1) is 153 Å². The van der Waals surface area contributed by atoms with Gasteiger partial charge in [-0.3, -0.25) is 0 Å². The fraction of sp³-hybridized carbons (Fsp3) is 0.829. The van der Waals surface area contributed by atoms with Crippen molar-refractivity contribution in [1.29, 1.82) is 0 Å². The smallest absolute Gasteiger partial charge is 0.321 e. The molecule has 0 bridgehead atoms. The van der Waals surface area contributed by atoms with Gasteiger partial charge in [0.2, 0.25) is 0 Å². The molecule has 0 N–H and O–H groups in total. The summed E-state index contributed by atoms with van der Waals surface area (Å²) in [5, 5.41) is 0. The molecule has 0 aromatic rings. The van der Waals surface area contributed by atoms with Gasteiger partial charge in [0.15, 0.2) is 18.8 Å². The lowest BCUT2D eigenvalue weighted by Crippen LogP contribution is -2.28. The summed E-state index contributed by atoms with van der Waals surface area (Å²) in [6, 6.07) is 0. The standard InChI is InChI=1S/C35H64O17/c1-30-19-47-23-31(21-45-17-15-43-13-11-41-9-7-36-2)25-49-35(29-52-34(40-6)28-51-33(39-5)27-38-4)50-26-32(24-48-20-30)22-46-18-16-44-14-12-42-10-8-37-3/h27-32H,7-26H2,1-6H3. The summed E-state index contributed by atoms with van der Waals surface area (Å²) in [7, 11) is 7.58. The normalized spacial score (nSPS) is 19.6. The average molecular weight is 757 g/mol. The predicted octanol–water partition coefficient (Wildman–Crippen LogP) is 2.70. The summed E-state index contributed by atoms with van der Waals surface area (Å²) in [5.74, 6) is 0.0847. The first-order chi connectivity index (χ1) is 25.6. The highest BCUT2D eigenvalue weighted by atomic mass is 16.7. The van der Waals surface area contributed by atoms with Crippen molar-refractivity contribution in [2.45, 2.75) is 6.92 Å². The van der Waals surface area contributed by atoms with Crippen LogP contribution < -0.4 is 0 Å². The summed E-state index contributed by atoms with van der Waals surface area (Å²) < 4.78 is 94.3. The summed E-state index contributed by atoms with van der Waals surface area (Å²) in [5.41, 5.74) is 0. The van der Waals surface area contributed by atoms with E-state index in [0.717, 1.165) is 0 Å². The largest absolute Gasteiger partial charge is 0.497 e. The molecule has 0 aliphatic carbocycles. The lowest BCUT2D eigenvalue weighted by atomic mass is 10.2. The van der Waals surface area contributed by atoms with Gasteiger partial charge in [-0.05, 0) is 0 Å². The van der Waals surface area contributed by atoms with E-state index in [0.29, 0.717) is 119 Å². The third-order valence-electron chi connectivity index (χ3n) is 6.65. The minimum Gasteiger partial charge on any atom is -0.497 e. The van der Waals surface area contributed by atoms with Crippen LogP contribution >= 0.6 is 0 Å². The highest BCUT2D eigenvalue weighted by Crippen LogP contribution is 2.14. The Kier molecular flexibility index (Phi) is 32.3. The molecule has 52 heavy (non-hydrogen) atoms. The molecule has 0 amide bonds. The fourth-order valence-electron chi connectivity index (χ4n) is 3.94. The van der Waals surface area contributed by atoms with Crippen LogP contribution in [0.3, 0.4) is 0 Å². The molecule has 0 radical (unpaired) electrons. The van der Waals surface area contributed by atoms with Crippen molar-refractivity contribution in [1.82, 2.24) is 0 Å². The van der Waals surface area contributed by atoms with Crippen molar-refractivity contribution in [2.75, 3.05) is 168 Å². The summed E-state index contributed by atoms with van der Waals surface area (Å²) in [6.07, 6.45) is 3.76. The van der Waals surface area contributed by atoms with E-state index in [1.165, 1.54) is 40.1 Å². The number of hydrogen-bond donors (Lipinski definition) is 0. The second-order valence-electron chi connectivity index (χ2n) is 11.3. The molecule has 1 saturated heterocycles. The molecule has 0 saturated carbocycles. The third kappa shape index (κ3) is 28.0. The van der Waals surface area contributed by atoms with E-state index in [1.807, 2.05) is 0 Å². The Hall–Kier alpha value is -2.58. The SMILES string of the molecule is COC=C(OC)OC=C(OC)OC=C1OCC(COCCOCCOCCOC)COCC(C)COCC(COCCOCCOCCOC)CO1. The first kappa shape index (κ1) is 47.4. The molecular formula is C35H64O17. The van der Waals surface area contributed by atoms with Crippen molar-refractivity contribution in [2.24, 2.45) is 17.8 Å². The van der Waals surface area contributed by atoms with Crippen LogP contribution in [0.15, 0.2) is 36.6 Å². The minimum atomic E-state index is -0.130. The monoisotopic (exact) mass is 756 g/mol. The van der Waals surface area contributed by atoms with E-state index in [4.69, 9.17) is 80.5 Å². The van der Waals surface area contributed by atoms with Crippen LogP contribution in [0.1, 0.15) is 6.92 Å². The van der Waals surface area contributed by atoms with Gasteiger partial charge in [-0.15, -0.1) is 0 Å². The Morgan fingerprint density at radius 3 is 1.37 bits per heavy atom. The maximum absolute atomic E-state index is 6.10. The van der Waals surface area contributed by atoms with Crippen molar-refractivity contribution in [3.63, 3.8) is 0 Å². The van der Waals surface area contributed by atoms with E-state index in [-0.39, 0.29) is 48.8 Å². The summed E-state index contributed by atoms with van der Waals surface area (Å²) in [6.45, 7) is 10.8. The Bertz CT molecular complexity index is 844. The molecule has 1 aliphatic rings. The number of methoxy groups -OCH3 is 5. The zero-order valence-corrected chi connectivity index (χ0v) is 32.0. The van der Waals surface area contributed by atoms with E-state index in [9.17, 15) is 0 Å². The molecule has 1 aliphatic heterocycles. The lowest BCUT2D eigenvalue weighted by molar-refractivity contribution is -0.0721. The van der Waals surface area contributed by atoms with Gasteiger partial charge >= 0.3 is 17.8 Å². The highest BCUT2D eigenvalue weighted by Gasteiger charge is 2.19. The van der Waals surface area contributed by atoms with Gasteiger partial charge in [-0.1, -0.05) is 6.92 Å². The molecule has 2 atom stereocenters. The first-order valence-corrected chi connectivity index (χ1v) is 17.5. The second kappa shape index (κ2) is 35.4. The highest BCUT2D eigenvalue weighted by molar-refractivity contribution is 4.88.